The van der Waals surface area contributed by atoms with Crippen LogP contribution in [0.1, 0.15) is 17.6 Å². The van der Waals surface area contributed by atoms with Gasteiger partial charge in [0.05, 0.1) is 5.69 Å². The monoisotopic (exact) mass is 382 g/mol. The Hall–Kier alpha value is -1.71. The number of hydrogen-bond donors (Lipinski definition) is 1. The van der Waals surface area contributed by atoms with Crippen molar-refractivity contribution in [3.63, 3.8) is 0 Å². The molecule has 0 saturated heterocycles. The smallest absolute Gasteiger partial charge is 0.206 e. The fourth-order valence-electron chi connectivity index (χ4n) is 1.78. The zero-order chi connectivity index (χ0) is 16.8. The number of thiazole rings is 1. The molecule has 0 aliphatic carbocycles. The Bertz CT molecular complexity index is 775. The topological polar surface area (TPSA) is 59.9 Å². The van der Waals surface area contributed by atoms with Gasteiger partial charge in [0, 0.05) is 17.7 Å². The van der Waals surface area contributed by atoms with Gasteiger partial charge in [0.15, 0.2) is 4.34 Å². The Balaban J connectivity index is 1.48. The van der Waals surface area contributed by atoms with Crippen LogP contribution in [-0.4, -0.2) is 21.7 Å². The van der Waals surface area contributed by atoms with Crippen molar-refractivity contribution < 1.29 is 9.13 Å². The third kappa shape index (κ3) is 4.89. The van der Waals surface area contributed by atoms with E-state index in [0.29, 0.717) is 12.4 Å². The molecular formula is C15H15FN4OS3. The van der Waals surface area contributed by atoms with Crippen molar-refractivity contribution in [2.75, 3.05) is 11.9 Å². The number of benzene rings is 1. The molecule has 5 nitrogen and oxygen atoms in total. The number of ether oxygens (including phenoxy) is 1. The minimum atomic E-state index is -0.273. The van der Waals surface area contributed by atoms with E-state index >= 15 is 0 Å². The maximum absolute atomic E-state index is 12.8. The largest absolute Gasteiger partial charge is 0.486 e. The highest BCUT2D eigenvalue weighted by Gasteiger charge is 2.07. The van der Waals surface area contributed by atoms with E-state index in [1.165, 1.54) is 12.1 Å². The lowest BCUT2D eigenvalue weighted by Gasteiger charge is -2.03. The number of hydrogen-bond acceptors (Lipinski definition) is 8. The van der Waals surface area contributed by atoms with E-state index in [9.17, 15) is 4.39 Å². The lowest BCUT2D eigenvalue weighted by atomic mass is 10.3. The Morgan fingerprint density at radius 1 is 1.25 bits per heavy atom. The molecule has 0 atom stereocenters. The second-order valence-electron chi connectivity index (χ2n) is 4.67. The fourth-order valence-corrected chi connectivity index (χ4v) is 4.31. The molecule has 2 aromatic heterocycles. The summed E-state index contributed by atoms with van der Waals surface area (Å²) in [5, 5.41) is 15.1. The van der Waals surface area contributed by atoms with E-state index in [0.717, 1.165) is 32.5 Å². The number of aromatic nitrogens is 3. The van der Waals surface area contributed by atoms with Crippen molar-refractivity contribution in [3.05, 3.63) is 46.2 Å². The van der Waals surface area contributed by atoms with Crippen LogP contribution < -0.4 is 10.1 Å². The van der Waals surface area contributed by atoms with Crippen molar-refractivity contribution >= 4 is 39.6 Å². The van der Waals surface area contributed by atoms with E-state index < -0.39 is 0 Å². The summed E-state index contributed by atoms with van der Waals surface area (Å²) < 4.78 is 19.4. The number of nitrogens with zero attached hydrogens (tertiary/aromatic N) is 3. The number of rotatable bonds is 8. The van der Waals surface area contributed by atoms with Crippen molar-refractivity contribution in [3.8, 4) is 5.75 Å². The molecule has 1 aromatic carbocycles. The Morgan fingerprint density at radius 2 is 2.08 bits per heavy atom. The van der Waals surface area contributed by atoms with Crippen LogP contribution in [0.5, 0.6) is 5.75 Å². The first-order valence-corrected chi connectivity index (χ1v) is 9.93. The highest BCUT2D eigenvalue weighted by atomic mass is 32.2. The summed E-state index contributed by atoms with van der Waals surface area (Å²) in [5.41, 5.74) is 0.989. The molecule has 0 radical (unpaired) electrons. The Labute approximate surface area is 151 Å². The van der Waals surface area contributed by atoms with E-state index in [4.69, 9.17) is 4.74 Å². The summed E-state index contributed by atoms with van der Waals surface area (Å²) in [6.07, 6.45) is 0. The summed E-state index contributed by atoms with van der Waals surface area (Å²) in [4.78, 5) is 4.54. The van der Waals surface area contributed by atoms with Gasteiger partial charge in [0.2, 0.25) is 5.13 Å². The van der Waals surface area contributed by atoms with E-state index in [1.54, 1.807) is 46.6 Å². The molecule has 0 spiro atoms. The molecule has 0 aliphatic rings. The normalized spacial score (nSPS) is 10.8. The molecule has 24 heavy (non-hydrogen) atoms. The van der Waals surface area contributed by atoms with Gasteiger partial charge in [-0.25, -0.2) is 9.37 Å². The molecule has 1 N–H and O–H groups in total. The Kier molecular flexibility index (Phi) is 6.00. The van der Waals surface area contributed by atoms with Gasteiger partial charge in [0.25, 0.3) is 0 Å². The third-order valence-electron chi connectivity index (χ3n) is 2.85. The second-order valence-corrected chi connectivity index (χ2v) is 7.81. The van der Waals surface area contributed by atoms with Gasteiger partial charge in [-0.1, -0.05) is 23.1 Å². The second kappa shape index (κ2) is 8.41. The molecule has 0 fully saturated rings. The molecule has 0 saturated carbocycles. The highest BCUT2D eigenvalue weighted by molar-refractivity contribution is 8.00. The van der Waals surface area contributed by atoms with Gasteiger partial charge in [-0.3, -0.25) is 0 Å². The molecule has 126 valence electrons. The minimum absolute atomic E-state index is 0.273. The van der Waals surface area contributed by atoms with E-state index in [1.807, 2.05) is 12.3 Å². The van der Waals surface area contributed by atoms with Crippen molar-refractivity contribution in [2.45, 2.75) is 23.6 Å². The van der Waals surface area contributed by atoms with Gasteiger partial charge in [-0.05, 0) is 31.2 Å². The predicted octanol–water partition coefficient (Wildman–Crippen LogP) is 4.44. The van der Waals surface area contributed by atoms with Gasteiger partial charge in [-0.2, -0.15) is 0 Å². The van der Waals surface area contributed by atoms with E-state index in [-0.39, 0.29) is 5.82 Å². The third-order valence-corrected chi connectivity index (χ3v) is 5.77. The van der Waals surface area contributed by atoms with Gasteiger partial charge < -0.3 is 10.1 Å². The number of anilines is 1. The minimum Gasteiger partial charge on any atom is -0.486 e. The van der Waals surface area contributed by atoms with Crippen molar-refractivity contribution in [2.24, 2.45) is 0 Å². The molecule has 9 heteroatoms. The zero-order valence-corrected chi connectivity index (χ0v) is 15.3. The molecule has 2 heterocycles. The van der Waals surface area contributed by atoms with Crippen LogP contribution in [0.25, 0.3) is 0 Å². The summed E-state index contributed by atoms with van der Waals surface area (Å²) >= 11 is 4.71. The maximum atomic E-state index is 12.8. The van der Waals surface area contributed by atoms with Gasteiger partial charge >= 0.3 is 0 Å². The van der Waals surface area contributed by atoms with Crippen LogP contribution in [0.4, 0.5) is 9.52 Å². The van der Waals surface area contributed by atoms with Crippen LogP contribution >= 0.6 is 34.4 Å². The van der Waals surface area contributed by atoms with Crippen LogP contribution in [0.2, 0.25) is 0 Å². The van der Waals surface area contributed by atoms with Crippen LogP contribution in [-0.2, 0) is 12.4 Å². The summed E-state index contributed by atoms with van der Waals surface area (Å²) in [7, 11) is 0. The predicted molar refractivity (Wildman–Crippen MR) is 96.5 cm³/mol. The lowest BCUT2D eigenvalue weighted by Crippen LogP contribution is -1.95. The van der Waals surface area contributed by atoms with Crippen molar-refractivity contribution in [1.29, 1.82) is 0 Å². The first-order chi connectivity index (χ1) is 11.7. The molecule has 0 bridgehead atoms. The summed E-state index contributed by atoms with van der Waals surface area (Å²) in [6, 6.07) is 5.97. The first-order valence-electron chi connectivity index (χ1n) is 7.24. The number of nitrogens with one attached hydrogen (secondary N) is 1. The molecule has 0 aliphatic heterocycles. The van der Waals surface area contributed by atoms with Crippen LogP contribution in [0, 0.1) is 5.82 Å². The molecule has 3 aromatic rings. The van der Waals surface area contributed by atoms with Crippen LogP contribution in [0.15, 0.2) is 34.0 Å². The fraction of sp³-hybridized carbons (Fsp3) is 0.267. The van der Waals surface area contributed by atoms with Crippen LogP contribution in [0.3, 0.4) is 0 Å². The molecular weight excluding hydrogens is 367 g/mol. The SMILES string of the molecule is CCNc1nnc(SCc2csc(COc3ccc(F)cc3)n2)s1. The van der Waals surface area contributed by atoms with Gasteiger partial charge in [0.1, 0.15) is 23.2 Å². The average molecular weight is 383 g/mol. The highest BCUT2D eigenvalue weighted by Crippen LogP contribution is 2.28. The lowest BCUT2D eigenvalue weighted by molar-refractivity contribution is 0.305. The maximum Gasteiger partial charge on any atom is 0.206 e. The first kappa shape index (κ1) is 17.1. The molecule has 0 unspecified atom stereocenters. The zero-order valence-electron chi connectivity index (χ0n) is 12.9. The average Bonchev–Trinajstić information content (AvgIpc) is 3.22. The standard InChI is InChI=1S/C15H15FN4OS3/c1-2-17-14-19-20-15(24-14)23-9-11-8-22-13(18-11)7-21-12-5-3-10(16)4-6-12/h3-6,8H,2,7,9H2,1H3,(H,17,19). The number of thioether (sulfide) groups is 1. The van der Waals surface area contributed by atoms with E-state index in [2.05, 4.69) is 20.5 Å². The van der Waals surface area contributed by atoms with Gasteiger partial charge in [-0.15, -0.1) is 21.5 Å². The quantitative estimate of drug-likeness (QED) is 0.581. The number of halogens is 1. The Morgan fingerprint density at radius 3 is 2.88 bits per heavy atom. The summed E-state index contributed by atoms with van der Waals surface area (Å²) in [6.45, 7) is 3.24. The summed E-state index contributed by atoms with van der Waals surface area (Å²) in [5.74, 6) is 1.10. The molecule has 0 amide bonds. The molecule has 3 rings (SSSR count). The van der Waals surface area contributed by atoms with Crippen molar-refractivity contribution in [1.82, 2.24) is 15.2 Å².